The molecule has 0 aromatic rings. The smallest absolute Gasteiger partial charge is 0.457 e. The summed E-state index contributed by atoms with van der Waals surface area (Å²) in [6, 6.07) is 0. The normalized spacial score (nSPS) is 14.4. The van der Waals surface area contributed by atoms with Gasteiger partial charge in [0, 0.05) is 13.0 Å². The number of rotatable bonds is 32. The Balaban J connectivity index is 4.01. The molecule has 8 nitrogen and oxygen atoms in total. The molecule has 0 aliphatic carbocycles. The lowest BCUT2D eigenvalue weighted by Crippen LogP contribution is -2.37. The first-order valence-corrected chi connectivity index (χ1v) is 19.1. The number of carbonyl (C=O) groups excluding carboxylic acids is 1. The topological polar surface area (TPSA) is 91.3 Å². The Kier molecular flexibility index (Phi) is 28.7. The molecule has 2 atom stereocenters. The van der Waals surface area contributed by atoms with Crippen molar-refractivity contribution in [2.45, 2.75) is 142 Å². The monoisotopic (exact) mass is 646 g/mol. The summed E-state index contributed by atoms with van der Waals surface area (Å²) >= 11 is 0. The fraction of sp³-hybridized carbons (Fsp3) is 0.857. The van der Waals surface area contributed by atoms with E-state index in [2.05, 4.69) is 38.2 Å². The molecule has 0 rings (SSSR count). The van der Waals surface area contributed by atoms with Gasteiger partial charge >= 0.3 is 13.8 Å². The lowest BCUT2D eigenvalue weighted by Gasteiger charge is -2.24. The van der Waals surface area contributed by atoms with Gasteiger partial charge in [-0.2, -0.15) is 0 Å². The first-order valence-electron chi connectivity index (χ1n) is 17.6. The lowest BCUT2D eigenvalue weighted by molar-refractivity contribution is -0.870. The predicted molar refractivity (Wildman–Crippen MR) is 183 cm³/mol. The van der Waals surface area contributed by atoms with Crippen molar-refractivity contribution in [1.29, 1.82) is 0 Å². The number of phosphoric acid groups is 1. The number of hydrogen-bond donors (Lipinski definition) is 1. The van der Waals surface area contributed by atoms with E-state index in [-0.39, 0.29) is 25.8 Å². The van der Waals surface area contributed by atoms with Gasteiger partial charge in [0.25, 0.3) is 0 Å². The maximum Gasteiger partial charge on any atom is 0.472 e. The Morgan fingerprint density at radius 2 is 1.25 bits per heavy atom. The molecule has 0 heterocycles. The summed E-state index contributed by atoms with van der Waals surface area (Å²) in [6.07, 6.45) is 29.9. The van der Waals surface area contributed by atoms with E-state index >= 15 is 0 Å². The second-order valence-electron chi connectivity index (χ2n) is 12.9. The summed E-state index contributed by atoms with van der Waals surface area (Å²) in [5, 5.41) is 0. The number of likely N-dealkylation sites (N-methyl/N-ethyl adjacent to an activating group) is 1. The van der Waals surface area contributed by atoms with Crippen LogP contribution in [0.2, 0.25) is 0 Å². The molecule has 0 aliphatic heterocycles. The van der Waals surface area contributed by atoms with Gasteiger partial charge in [0.2, 0.25) is 0 Å². The fourth-order valence-electron chi connectivity index (χ4n) is 4.46. The van der Waals surface area contributed by atoms with Gasteiger partial charge in [-0.25, -0.2) is 4.57 Å². The van der Waals surface area contributed by atoms with E-state index in [1.54, 1.807) is 0 Å². The predicted octanol–water partition coefficient (Wildman–Crippen LogP) is 9.32. The molecule has 0 aromatic carbocycles. The third kappa shape index (κ3) is 32.4. The van der Waals surface area contributed by atoms with Crippen LogP contribution in [0.25, 0.3) is 0 Å². The molecular weight excluding hydrogens is 577 g/mol. The van der Waals surface area contributed by atoms with E-state index in [4.69, 9.17) is 18.5 Å². The fourth-order valence-corrected chi connectivity index (χ4v) is 5.20. The Morgan fingerprint density at radius 3 is 1.84 bits per heavy atom. The minimum absolute atomic E-state index is 0.0873. The van der Waals surface area contributed by atoms with E-state index < -0.39 is 13.9 Å². The van der Waals surface area contributed by atoms with Crippen molar-refractivity contribution in [2.24, 2.45) is 0 Å². The van der Waals surface area contributed by atoms with Crippen molar-refractivity contribution in [2.75, 3.05) is 54.1 Å². The Labute approximate surface area is 271 Å². The van der Waals surface area contributed by atoms with Crippen LogP contribution in [0, 0.1) is 0 Å². The van der Waals surface area contributed by atoms with Gasteiger partial charge < -0.3 is 18.9 Å². The van der Waals surface area contributed by atoms with E-state index in [1.807, 2.05) is 21.1 Å². The molecule has 9 heteroatoms. The Bertz CT molecular complexity index is 767. The number of phosphoric ester groups is 1. The number of hydrogen-bond acceptors (Lipinski definition) is 6. The molecule has 44 heavy (non-hydrogen) atoms. The molecule has 0 spiro atoms. The van der Waals surface area contributed by atoms with E-state index in [9.17, 15) is 14.3 Å². The third-order valence-corrected chi connectivity index (χ3v) is 8.25. The van der Waals surface area contributed by atoms with Crippen LogP contribution in [0.1, 0.15) is 136 Å². The van der Waals surface area contributed by atoms with Crippen LogP contribution in [0.4, 0.5) is 0 Å². The summed E-state index contributed by atoms with van der Waals surface area (Å²) in [5.41, 5.74) is 0. The van der Waals surface area contributed by atoms with Crippen molar-refractivity contribution in [3.63, 3.8) is 0 Å². The second-order valence-corrected chi connectivity index (χ2v) is 14.4. The van der Waals surface area contributed by atoms with Gasteiger partial charge in [-0.15, -0.1) is 0 Å². The summed E-state index contributed by atoms with van der Waals surface area (Å²) < 4.78 is 34.4. The van der Waals surface area contributed by atoms with Crippen LogP contribution in [0.15, 0.2) is 24.3 Å². The molecule has 1 N–H and O–H groups in total. The average molecular weight is 647 g/mol. The summed E-state index contributed by atoms with van der Waals surface area (Å²) in [7, 11) is 1.66. The Morgan fingerprint density at radius 1 is 0.705 bits per heavy atom. The number of ether oxygens (including phenoxy) is 2. The van der Waals surface area contributed by atoms with Crippen molar-refractivity contribution >= 4 is 13.8 Å². The molecular formula is C35H69NO7P+. The number of esters is 1. The quantitative estimate of drug-likeness (QED) is 0.0256. The maximum absolute atomic E-state index is 12.3. The number of allylic oxidation sites excluding steroid dienone is 4. The van der Waals surface area contributed by atoms with E-state index in [0.717, 1.165) is 38.5 Å². The van der Waals surface area contributed by atoms with Gasteiger partial charge in [0.05, 0.1) is 34.4 Å². The van der Waals surface area contributed by atoms with Gasteiger partial charge in [0.15, 0.2) is 0 Å². The van der Waals surface area contributed by atoms with Crippen molar-refractivity contribution in [1.82, 2.24) is 0 Å². The van der Waals surface area contributed by atoms with Gasteiger partial charge in [-0.05, 0) is 44.9 Å². The largest absolute Gasteiger partial charge is 0.472 e. The van der Waals surface area contributed by atoms with Crippen LogP contribution in [0.3, 0.4) is 0 Å². The van der Waals surface area contributed by atoms with Crippen LogP contribution in [-0.4, -0.2) is 75.6 Å². The van der Waals surface area contributed by atoms with E-state index in [1.165, 1.54) is 77.0 Å². The molecule has 0 aliphatic rings. The third-order valence-electron chi connectivity index (χ3n) is 7.27. The van der Waals surface area contributed by atoms with Gasteiger partial charge in [-0.3, -0.25) is 13.8 Å². The summed E-state index contributed by atoms with van der Waals surface area (Å²) in [6.45, 7) is 5.41. The molecule has 0 saturated heterocycles. The highest BCUT2D eigenvalue weighted by Crippen LogP contribution is 2.43. The number of carbonyl (C=O) groups is 1. The Hall–Kier alpha value is -1.02. The van der Waals surface area contributed by atoms with Crippen molar-refractivity contribution in [3.05, 3.63) is 24.3 Å². The lowest BCUT2D eigenvalue weighted by atomic mass is 10.1. The summed E-state index contributed by atoms with van der Waals surface area (Å²) in [4.78, 5) is 22.3. The van der Waals surface area contributed by atoms with Gasteiger partial charge in [0.1, 0.15) is 19.3 Å². The minimum Gasteiger partial charge on any atom is -0.457 e. The highest BCUT2D eigenvalue weighted by atomic mass is 31.2. The highest BCUT2D eigenvalue weighted by molar-refractivity contribution is 7.47. The molecule has 0 amide bonds. The van der Waals surface area contributed by atoms with Crippen LogP contribution < -0.4 is 0 Å². The number of quaternary nitrogens is 1. The number of nitrogens with zero attached hydrogens (tertiary/aromatic N) is 1. The first-order chi connectivity index (χ1) is 21.1. The average Bonchev–Trinajstić information content (AvgIpc) is 2.96. The van der Waals surface area contributed by atoms with Crippen LogP contribution in [-0.2, 0) is 27.9 Å². The molecule has 0 saturated carbocycles. The van der Waals surface area contributed by atoms with Crippen LogP contribution in [0.5, 0.6) is 0 Å². The summed E-state index contributed by atoms with van der Waals surface area (Å²) in [5.74, 6) is -0.342. The first kappa shape index (κ1) is 43.0. The van der Waals surface area contributed by atoms with Gasteiger partial charge in [-0.1, -0.05) is 109 Å². The zero-order chi connectivity index (χ0) is 32.8. The van der Waals surface area contributed by atoms with Crippen molar-refractivity contribution in [3.8, 4) is 0 Å². The molecule has 0 bridgehead atoms. The molecule has 0 fully saturated rings. The molecule has 0 aromatic heterocycles. The second kappa shape index (κ2) is 29.4. The molecule has 260 valence electrons. The molecule has 0 radical (unpaired) electrons. The number of unbranched alkanes of at least 4 members (excludes halogenated alkanes) is 14. The molecule has 2 unspecified atom stereocenters. The van der Waals surface area contributed by atoms with Crippen LogP contribution >= 0.6 is 7.82 Å². The van der Waals surface area contributed by atoms with E-state index in [0.29, 0.717) is 24.1 Å². The minimum atomic E-state index is -4.25. The zero-order valence-electron chi connectivity index (χ0n) is 29.1. The highest BCUT2D eigenvalue weighted by Gasteiger charge is 2.26. The van der Waals surface area contributed by atoms with Crippen molar-refractivity contribution < 1.29 is 37.3 Å². The SMILES string of the molecule is CCCCCC/C=C\C/C=C\CCCCCCCCCCOCC(COP(=O)(O)OCC[N+](C)(C)C)OC(=O)CCCCC. The maximum atomic E-state index is 12.3. The zero-order valence-corrected chi connectivity index (χ0v) is 30.0. The standard InChI is InChI=1S/C35H68NO7P/c1-6-8-10-11-12-13-14-15-16-17-18-19-20-21-22-23-24-25-27-30-40-32-34(43-35(37)28-26-9-7-2)33-42-44(38,39)41-31-29-36(3,4)5/h13-14,16-17,34H,6-12,15,18-33H2,1-5H3/p+1/b14-13-,17-16-.